The molecule has 0 bridgehead atoms. The number of aliphatic hydroxyl groups excluding tert-OH is 1. The van der Waals surface area contributed by atoms with Crippen LogP contribution in [0.4, 0.5) is 0 Å². The van der Waals surface area contributed by atoms with Gasteiger partial charge >= 0.3 is 5.97 Å². The zero-order valence-corrected chi connectivity index (χ0v) is 8.35. The Morgan fingerprint density at radius 2 is 2.07 bits per heavy atom. The van der Waals surface area contributed by atoms with Crippen LogP contribution in [-0.4, -0.2) is 40.8 Å². The molecule has 0 aromatic heterocycles. The highest BCUT2D eigenvalue weighted by Gasteiger charge is 2.30. The van der Waals surface area contributed by atoms with Gasteiger partial charge in [-0.15, -0.1) is 0 Å². The first-order chi connectivity index (χ1) is 7.04. The normalized spacial score (nSPS) is 19.3. The molecule has 15 heavy (non-hydrogen) atoms. The van der Waals surface area contributed by atoms with E-state index in [9.17, 15) is 9.59 Å². The van der Waals surface area contributed by atoms with Gasteiger partial charge in [0, 0.05) is 12.5 Å². The van der Waals surface area contributed by atoms with Crippen LogP contribution in [-0.2, 0) is 9.59 Å². The lowest BCUT2D eigenvalue weighted by Crippen LogP contribution is -2.45. The first-order valence-corrected chi connectivity index (χ1v) is 4.93. The zero-order chi connectivity index (χ0) is 11.4. The molecule has 1 fully saturated rings. The number of hydrogen-bond acceptors (Lipinski definition) is 4. The summed E-state index contributed by atoms with van der Waals surface area (Å²) in [6, 6.07) is -1.43. The fourth-order valence-electron chi connectivity index (χ4n) is 1.34. The maximum atomic E-state index is 11.3. The SMILES string of the molecule is NC(CC(=O)N[C@H](CO)C(=O)O)C1CC1. The molecule has 0 aromatic rings. The molecule has 0 spiro atoms. The minimum Gasteiger partial charge on any atom is -0.480 e. The number of hydrogen-bond donors (Lipinski definition) is 4. The second kappa shape index (κ2) is 5.09. The van der Waals surface area contributed by atoms with Crippen molar-refractivity contribution >= 4 is 11.9 Å². The first-order valence-electron chi connectivity index (χ1n) is 4.93. The molecule has 1 saturated carbocycles. The fraction of sp³-hybridized carbons (Fsp3) is 0.778. The Hall–Kier alpha value is -1.14. The van der Waals surface area contributed by atoms with Gasteiger partial charge in [0.15, 0.2) is 0 Å². The Morgan fingerprint density at radius 3 is 2.47 bits per heavy atom. The number of carboxylic acids is 1. The molecule has 0 radical (unpaired) electrons. The van der Waals surface area contributed by atoms with E-state index in [2.05, 4.69) is 5.32 Å². The van der Waals surface area contributed by atoms with Gasteiger partial charge in [-0.25, -0.2) is 4.79 Å². The number of rotatable bonds is 6. The van der Waals surface area contributed by atoms with E-state index in [0.717, 1.165) is 12.8 Å². The van der Waals surface area contributed by atoms with E-state index in [1.54, 1.807) is 0 Å². The van der Waals surface area contributed by atoms with Crippen LogP contribution in [0.5, 0.6) is 0 Å². The van der Waals surface area contributed by atoms with Gasteiger partial charge in [-0.05, 0) is 18.8 Å². The molecular weight excluding hydrogens is 200 g/mol. The third kappa shape index (κ3) is 3.85. The van der Waals surface area contributed by atoms with E-state index >= 15 is 0 Å². The summed E-state index contributed by atoms with van der Waals surface area (Å²) in [4.78, 5) is 21.8. The van der Waals surface area contributed by atoms with E-state index < -0.39 is 24.5 Å². The minimum absolute atomic E-state index is 0.119. The van der Waals surface area contributed by atoms with Gasteiger partial charge in [0.1, 0.15) is 6.04 Å². The van der Waals surface area contributed by atoms with E-state index in [-0.39, 0.29) is 12.5 Å². The molecule has 2 atom stereocenters. The summed E-state index contributed by atoms with van der Waals surface area (Å²) in [5.41, 5.74) is 5.70. The third-order valence-corrected chi connectivity index (χ3v) is 2.46. The molecular formula is C9H16N2O4. The van der Waals surface area contributed by atoms with Gasteiger partial charge in [0.05, 0.1) is 6.61 Å². The molecule has 1 unspecified atom stereocenters. The standard InChI is InChI=1S/C9H16N2O4/c10-6(5-1-2-5)3-8(13)11-7(4-12)9(14)15/h5-7,12H,1-4,10H2,(H,11,13)(H,14,15)/t6?,7-/m1/s1. The van der Waals surface area contributed by atoms with Crippen molar-refractivity contribution in [2.24, 2.45) is 11.7 Å². The van der Waals surface area contributed by atoms with Gasteiger partial charge in [0.25, 0.3) is 0 Å². The van der Waals surface area contributed by atoms with Crippen LogP contribution in [0, 0.1) is 5.92 Å². The predicted molar refractivity (Wildman–Crippen MR) is 52.0 cm³/mol. The van der Waals surface area contributed by atoms with Crippen molar-refractivity contribution in [3.63, 3.8) is 0 Å². The largest absolute Gasteiger partial charge is 0.480 e. The number of carboxylic acid groups (broad SMARTS) is 1. The molecule has 0 saturated heterocycles. The lowest BCUT2D eigenvalue weighted by Gasteiger charge is -2.14. The van der Waals surface area contributed by atoms with Gasteiger partial charge in [-0.2, -0.15) is 0 Å². The Morgan fingerprint density at radius 1 is 1.47 bits per heavy atom. The summed E-state index contributed by atoms with van der Waals surface area (Å²) in [5.74, 6) is -1.27. The first kappa shape index (κ1) is 11.9. The van der Waals surface area contributed by atoms with Crippen LogP contribution in [0.1, 0.15) is 19.3 Å². The second-order valence-corrected chi connectivity index (χ2v) is 3.85. The van der Waals surface area contributed by atoms with Crippen molar-refractivity contribution in [3.05, 3.63) is 0 Å². The monoisotopic (exact) mass is 216 g/mol. The molecule has 0 heterocycles. The van der Waals surface area contributed by atoms with Crippen molar-refractivity contribution < 1.29 is 19.8 Å². The summed E-state index contributed by atoms with van der Waals surface area (Å²) in [6.45, 7) is -0.611. The predicted octanol–water partition coefficient (Wildman–Crippen LogP) is -1.32. The average molecular weight is 216 g/mol. The number of aliphatic carboxylic acids is 1. The van der Waals surface area contributed by atoms with Crippen LogP contribution in [0.2, 0.25) is 0 Å². The van der Waals surface area contributed by atoms with Crippen LogP contribution >= 0.6 is 0 Å². The number of carbonyl (C=O) groups is 2. The summed E-state index contributed by atoms with van der Waals surface area (Å²) >= 11 is 0. The van der Waals surface area contributed by atoms with Gasteiger partial charge in [-0.1, -0.05) is 0 Å². The zero-order valence-electron chi connectivity index (χ0n) is 8.35. The quantitative estimate of drug-likeness (QED) is 0.439. The van der Waals surface area contributed by atoms with Crippen LogP contribution in [0.15, 0.2) is 0 Å². The fourth-order valence-corrected chi connectivity index (χ4v) is 1.34. The van der Waals surface area contributed by atoms with E-state index in [1.165, 1.54) is 0 Å². The van der Waals surface area contributed by atoms with Crippen LogP contribution in [0.25, 0.3) is 0 Å². The van der Waals surface area contributed by atoms with Gasteiger partial charge in [0.2, 0.25) is 5.91 Å². The van der Waals surface area contributed by atoms with Crippen molar-refractivity contribution in [2.75, 3.05) is 6.61 Å². The number of aliphatic hydroxyl groups is 1. The van der Waals surface area contributed by atoms with Crippen molar-refractivity contribution in [1.29, 1.82) is 0 Å². The average Bonchev–Trinajstić information content (AvgIpc) is 2.96. The maximum Gasteiger partial charge on any atom is 0.328 e. The summed E-state index contributed by atoms with van der Waals surface area (Å²) in [6.07, 6.45) is 2.20. The second-order valence-electron chi connectivity index (χ2n) is 3.85. The molecule has 1 amide bonds. The maximum absolute atomic E-state index is 11.3. The van der Waals surface area contributed by atoms with Crippen molar-refractivity contribution in [2.45, 2.75) is 31.3 Å². The Balaban J connectivity index is 2.29. The lowest BCUT2D eigenvalue weighted by atomic mass is 10.1. The van der Waals surface area contributed by atoms with Gasteiger partial charge in [-0.3, -0.25) is 4.79 Å². The molecule has 6 nitrogen and oxygen atoms in total. The lowest BCUT2D eigenvalue weighted by molar-refractivity contribution is -0.143. The molecule has 86 valence electrons. The van der Waals surface area contributed by atoms with Gasteiger partial charge < -0.3 is 21.3 Å². The van der Waals surface area contributed by atoms with Crippen LogP contribution in [0.3, 0.4) is 0 Å². The van der Waals surface area contributed by atoms with E-state index in [0.29, 0.717) is 5.92 Å². The molecule has 1 rings (SSSR count). The number of carbonyl (C=O) groups excluding carboxylic acids is 1. The minimum atomic E-state index is -1.24. The molecule has 0 aromatic carbocycles. The van der Waals surface area contributed by atoms with E-state index in [4.69, 9.17) is 15.9 Å². The summed E-state index contributed by atoms with van der Waals surface area (Å²) < 4.78 is 0. The molecule has 5 N–H and O–H groups in total. The molecule has 6 heteroatoms. The summed E-state index contributed by atoms with van der Waals surface area (Å²) in [7, 11) is 0. The molecule has 1 aliphatic rings. The Bertz CT molecular complexity index is 252. The highest BCUT2D eigenvalue weighted by molar-refractivity contribution is 5.83. The van der Waals surface area contributed by atoms with Crippen molar-refractivity contribution in [1.82, 2.24) is 5.32 Å². The number of nitrogens with one attached hydrogen (secondary N) is 1. The summed E-state index contributed by atoms with van der Waals surface area (Å²) in [5, 5.41) is 19.5. The Labute approximate surface area is 87.5 Å². The molecule has 1 aliphatic carbocycles. The van der Waals surface area contributed by atoms with Crippen molar-refractivity contribution in [3.8, 4) is 0 Å². The third-order valence-electron chi connectivity index (χ3n) is 2.46. The number of amides is 1. The number of nitrogens with two attached hydrogens (primary N) is 1. The smallest absolute Gasteiger partial charge is 0.328 e. The topological polar surface area (TPSA) is 113 Å². The van der Waals surface area contributed by atoms with Crippen LogP contribution < -0.4 is 11.1 Å². The molecule has 0 aliphatic heterocycles. The van der Waals surface area contributed by atoms with E-state index in [1.807, 2.05) is 0 Å². The Kier molecular flexibility index (Phi) is 4.05. The highest BCUT2D eigenvalue weighted by Crippen LogP contribution is 2.32. The highest BCUT2D eigenvalue weighted by atomic mass is 16.4.